The summed E-state index contributed by atoms with van der Waals surface area (Å²) in [6.07, 6.45) is 7.24. The number of rotatable bonds is 7. The number of nitrogens with zero attached hydrogens (tertiary/aromatic N) is 5. The number of aromatic nitrogens is 4. The number of pyridine rings is 2. The summed E-state index contributed by atoms with van der Waals surface area (Å²) < 4.78 is 14.7. The van der Waals surface area contributed by atoms with Gasteiger partial charge in [0.15, 0.2) is 0 Å². The number of aryl methyl sites for hydroxylation is 1. The van der Waals surface area contributed by atoms with Crippen LogP contribution in [0.15, 0.2) is 77.9 Å². The first-order chi connectivity index (χ1) is 22.9. The monoisotopic (exact) mass is 629 g/mol. The van der Waals surface area contributed by atoms with Crippen LogP contribution >= 0.6 is 0 Å². The summed E-state index contributed by atoms with van der Waals surface area (Å²) in [6, 6.07) is 19.2. The van der Waals surface area contributed by atoms with Gasteiger partial charge in [0.25, 0.3) is 5.56 Å². The zero-order chi connectivity index (χ0) is 33.1. The Morgan fingerprint density at radius 1 is 1.11 bits per heavy atom. The molecule has 47 heavy (non-hydrogen) atoms. The van der Waals surface area contributed by atoms with Gasteiger partial charge >= 0.3 is 0 Å². The number of aromatic amines is 1. The zero-order valence-corrected chi connectivity index (χ0v) is 26.5. The number of hydrogen-bond donors (Lipinski definition) is 2. The molecule has 5 aromatic rings. The minimum absolute atomic E-state index is 0.0239. The quantitative estimate of drug-likeness (QED) is 0.224. The molecule has 10 heteroatoms. The van der Waals surface area contributed by atoms with Crippen molar-refractivity contribution >= 4 is 16.7 Å². The van der Waals surface area contributed by atoms with E-state index in [-0.39, 0.29) is 41.7 Å². The number of H-pyrrole nitrogens is 1. The summed E-state index contributed by atoms with van der Waals surface area (Å²) in [7, 11) is 0. The fraction of sp³-hybridized carbons (Fsp3) is 0.297. The maximum Gasteiger partial charge on any atom is 0.272 e. The van der Waals surface area contributed by atoms with E-state index < -0.39 is 11.2 Å². The van der Waals surface area contributed by atoms with E-state index in [2.05, 4.69) is 27.3 Å². The molecule has 2 aliphatic rings. The fourth-order valence-electron chi connectivity index (χ4n) is 6.66. The molecule has 9 nitrogen and oxygen atoms in total. The molecule has 3 heterocycles. The van der Waals surface area contributed by atoms with Gasteiger partial charge in [-0.05, 0) is 79.6 Å². The Morgan fingerprint density at radius 2 is 1.94 bits per heavy atom. The van der Waals surface area contributed by atoms with Crippen LogP contribution in [0.2, 0.25) is 0 Å². The smallest absolute Gasteiger partial charge is 0.272 e. The van der Waals surface area contributed by atoms with Gasteiger partial charge in [0.05, 0.1) is 52.1 Å². The van der Waals surface area contributed by atoms with Crippen LogP contribution in [0, 0.1) is 17.1 Å². The summed E-state index contributed by atoms with van der Waals surface area (Å²) in [4.78, 5) is 38.5. The van der Waals surface area contributed by atoms with E-state index >= 15 is 0 Å². The number of hydrogen-bond acceptors (Lipinski definition) is 7. The Kier molecular flexibility index (Phi) is 8.92. The molecule has 1 amide bonds. The van der Waals surface area contributed by atoms with Crippen molar-refractivity contribution in [1.29, 1.82) is 5.26 Å². The van der Waals surface area contributed by atoms with Crippen LogP contribution in [0.1, 0.15) is 79.3 Å². The third-order valence-corrected chi connectivity index (χ3v) is 9.16. The van der Waals surface area contributed by atoms with Gasteiger partial charge in [0.1, 0.15) is 5.82 Å². The summed E-state index contributed by atoms with van der Waals surface area (Å²) in [5.74, 6) is -0.518. The van der Waals surface area contributed by atoms with Gasteiger partial charge in [0.2, 0.25) is 5.91 Å². The lowest BCUT2D eigenvalue weighted by Crippen LogP contribution is -2.43. The first-order valence-corrected chi connectivity index (χ1v) is 16.0. The third-order valence-electron chi connectivity index (χ3n) is 9.16. The first kappa shape index (κ1) is 31.7. The highest BCUT2D eigenvalue weighted by molar-refractivity contribution is 5.94. The topological polar surface area (TPSA) is 142 Å². The van der Waals surface area contributed by atoms with E-state index in [1.165, 1.54) is 12.1 Å². The van der Waals surface area contributed by atoms with Crippen molar-refractivity contribution in [2.24, 2.45) is 5.73 Å². The van der Waals surface area contributed by atoms with Gasteiger partial charge in [0, 0.05) is 35.5 Å². The van der Waals surface area contributed by atoms with E-state index in [0.29, 0.717) is 40.6 Å². The lowest BCUT2D eigenvalue weighted by molar-refractivity contribution is -0.137. The highest BCUT2D eigenvalue weighted by atomic mass is 19.1. The average Bonchev–Trinajstić information content (AvgIpc) is 3.94. The molecule has 2 aliphatic carbocycles. The molecular weight excluding hydrogens is 593 g/mol. The number of amides is 1. The van der Waals surface area contributed by atoms with Gasteiger partial charge in [-0.25, -0.2) is 9.49 Å². The lowest BCUT2D eigenvalue weighted by atomic mass is 9.87. The van der Waals surface area contributed by atoms with Crippen LogP contribution in [0.4, 0.5) is 4.39 Å². The van der Waals surface area contributed by atoms with Crippen LogP contribution in [0.3, 0.4) is 0 Å². The van der Waals surface area contributed by atoms with Gasteiger partial charge in [-0.1, -0.05) is 38.1 Å². The van der Waals surface area contributed by atoms with E-state index in [9.17, 15) is 19.2 Å². The Morgan fingerprint density at radius 3 is 2.66 bits per heavy atom. The maximum atomic E-state index is 14.8. The molecule has 238 valence electrons. The second-order valence-electron chi connectivity index (χ2n) is 11.7. The van der Waals surface area contributed by atoms with Crippen molar-refractivity contribution in [1.82, 2.24) is 25.1 Å². The van der Waals surface area contributed by atoms with Gasteiger partial charge in [-0.2, -0.15) is 10.4 Å². The molecule has 1 saturated carbocycles. The van der Waals surface area contributed by atoms with Gasteiger partial charge < -0.3 is 10.6 Å². The van der Waals surface area contributed by atoms with Crippen LogP contribution in [-0.4, -0.2) is 31.0 Å². The lowest BCUT2D eigenvalue weighted by Gasteiger charge is -2.37. The molecule has 0 saturated heterocycles. The Bertz CT molecular complexity index is 2050. The number of carbonyl (C=O) groups is 1. The SMILES string of the molecule is CC.N#Cc1cccc(F)c1-c1ccc(CN(C(=O)C2(c3ccc4c(=O)[nH]nc(CN)c4c3)CC2)C2CCCc3cccnc32)nc1. The molecule has 7 rings (SSSR count). The van der Waals surface area contributed by atoms with Gasteiger partial charge in [-0.3, -0.25) is 19.6 Å². The number of nitrogens with two attached hydrogens (primary N) is 1. The molecule has 0 aliphatic heterocycles. The van der Waals surface area contributed by atoms with Crippen molar-refractivity contribution in [3.8, 4) is 17.2 Å². The second-order valence-corrected chi connectivity index (χ2v) is 11.7. The van der Waals surface area contributed by atoms with Crippen molar-refractivity contribution < 1.29 is 9.18 Å². The predicted molar refractivity (Wildman–Crippen MR) is 177 cm³/mol. The number of carbonyl (C=O) groups excluding carboxylic acids is 1. The predicted octanol–water partition coefficient (Wildman–Crippen LogP) is 6.01. The number of benzene rings is 2. The van der Waals surface area contributed by atoms with Crippen LogP contribution < -0.4 is 11.3 Å². The highest BCUT2D eigenvalue weighted by Crippen LogP contribution is 2.52. The van der Waals surface area contributed by atoms with Crippen LogP contribution in [0.5, 0.6) is 0 Å². The Labute approximate surface area is 272 Å². The third kappa shape index (κ3) is 5.79. The Hall–Kier alpha value is -5.27. The van der Waals surface area contributed by atoms with E-state index in [1.54, 1.807) is 36.7 Å². The number of nitriles is 1. The molecule has 3 aromatic heterocycles. The van der Waals surface area contributed by atoms with Crippen molar-refractivity contribution in [3.63, 3.8) is 0 Å². The van der Waals surface area contributed by atoms with Gasteiger partial charge in [-0.15, -0.1) is 0 Å². The first-order valence-electron chi connectivity index (χ1n) is 16.0. The van der Waals surface area contributed by atoms with Crippen LogP contribution in [-0.2, 0) is 29.7 Å². The van der Waals surface area contributed by atoms with Crippen molar-refractivity contribution in [2.75, 3.05) is 0 Å². The zero-order valence-electron chi connectivity index (χ0n) is 26.5. The summed E-state index contributed by atoms with van der Waals surface area (Å²) >= 11 is 0. The van der Waals surface area contributed by atoms with Crippen molar-refractivity contribution in [3.05, 3.63) is 123 Å². The molecule has 1 atom stereocenters. The van der Waals surface area contributed by atoms with Crippen LogP contribution in [0.25, 0.3) is 21.9 Å². The van der Waals surface area contributed by atoms with Crippen molar-refractivity contribution in [2.45, 2.75) is 70.5 Å². The molecule has 0 bridgehead atoms. The molecule has 3 N–H and O–H groups in total. The van der Waals surface area contributed by atoms with E-state index in [0.717, 1.165) is 36.1 Å². The molecule has 0 spiro atoms. The number of halogens is 1. The minimum atomic E-state index is -0.760. The molecule has 1 unspecified atom stereocenters. The molecule has 0 radical (unpaired) electrons. The Balaban J connectivity index is 0.00000190. The summed E-state index contributed by atoms with van der Waals surface area (Å²) in [5, 5.41) is 17.3. The number of fused-ring (bicyclic) bond motifs is 2. The van der Waals surface area contributed by atoms with E-state index in [4.69, 9.17) is 10.7 Å². The maximum absolute atomic E-state index is 14.8. The number of nitrogens with one attached hydrogen (secondary N) is 1. The molecule has 1 fully saturated rings. The average molecular weight is 630 g/mol. The normalized spacial score (nSPS) is 15.9. The fourth-order valence-corrected chi connectivity index (χ4v) is 6.66. The second kappa shape index (κ2) is 13.2. The molecule has 2 aromatic carbocycles. The standard InChI is InChI=1S/C35H30FN7O2.C2H6/c36-28-7-1-5-22(17-37)31(28)23-9-11-25(40-19-23)20-43(30-8-2-4-21-6-3-15-39-32(21)30)34(45)35(13-14-35)24-10-12-26-27(16-24)29(18-38)41-42-33(26)44;1-2/h1,3,5-7,9-12,15-16,19,30H,2,4,8,13-14,18,20,38H2,(H,42,44);1-2H3. The minimum Gasteiger partial charge on any atom is -0.327 e. The molecular formula is C37H36FN7O2. The van der Waals surface area contributed by atoms with E-state index in [1.807, 2.05) is 36.9 Å². The largest absolute Gasteiger partial charge is 0.327 e. The highest BCUT2D eigenvalue weighted by Gasteiger charge is 2.54. The summed E-state index contributed by atoms with van der Waals surface area (Å²) in [6.45, 7) is 4.38. The summed E-state index contributed by atoms with van der Waals surface area (Å²) in [5.41, 5.74) is 9.86.